The molecule has 0 aliphatic carbocycles. The lowest BCUT2D eigenvalue weighted by Gasteiger charge is -2.11. The molecule has 0 bridgehead atoms. The van der Waals surface area contributed by atoms with Gasteiger partial charge in [-0.2, -0.15) is 0 Å². The van der Waals surface area contributed by atoms with E-state index < -0.39 is 0 Å². The topological polar surface area (TPSA) is 0 Å². The van der Waals surface area contributed by atoms with Crippen LogP contribution in [0.3, 0.4) is 0 Å². The first kappa shape index (κ1) is 20.0. The van der Waals surface area contributed by atoms with Crippen LogP contribution in [0.15, 0.2) is 0 Å². The van der Waals surface area contributed by atoms with Crippen LogP contribution in [-0.2, 0) is 0 Å². The first-order valence-electron chi connectivity index (χ1n) is 9.81. The molecule has 0 fully saturated rings. The van der Waals surface area contributed by atoms with Gasteiger partial charge in [0.2, 0.25) is 0 Å². The van der Waals surface area contributed by atoms with Crippen molar-refractivity contribution in [2.45, 2.75) is 124 Å². The van der Waals surface area contributed by atoms with Gasteiger partial charge in [-0.3, -0.25) is 0 Å². The largest absolute Gasteiger partial charge is 0.0654 e. The first-order chi connectivity index (χ1) is 9.81. The fourth-order valence-corrected chi connectivity index (χ4v) is 3.04. The van der Waals surface area contributed by atoms with Gasteiger partial charge in [-0.15, -0.1) is 0 Å². The molecule has 122 valence electrons. The molecule has 0 rings (SSSR count). The summed E-state index contributed by atoms with van der Waals surface area (Å²) in [6, 6.07) is 0. The van der Waals surface area contributed by atoms with Crippen molar-refractivity contribution in [3.8, 4) is 0 Å². The van der Waals surface area contributed by atoms with E-state index in [0.717, 1.165) is 5.92 Å². The molecule has 0 aliphatic heterocycles. The molecule has 0 heterocycles. The van der Waals surface area contributed by atoms with Gasteiger partial charge in [0.25, 0.3) is 0 Å². The zero-order valence-corrected chi connectivity index (χ0v) is 14.9. The summed E-state index contributed by atoms with van der Waals surface area (Å²) >= 11 is 0. The van der Waals surface area contributed by atoms with E-state index in [1.54, 1.807) is 0 Å². The van der Waals surface area contributed by atoms with Gasteiger partial charge in [0.1, 0.15) is 0 Å². The second-order valence-electron chi connectivity index (χ2n) is 6.93. The average molecular weight is 283 g/mol. The summed E-state index contributed by atoms with van der Waals surface area (Å²) in [7, 11) is 0. The zero-order chi connectivity index (χ0) is 14.9. The standard InChI is InChI=1S/C20H42/c1-4-6-8-10-12-13-15-17-19-20(3)18-16-14-11-9-7-5-2/h20H,4-19H2,1-3H3/t20-/m1/s1. The van der Waals surface area contributed by atoms with Crippen LogP contribution in [0.5, 0.6) is 0 Å². The Balaban J connectivity index is 3.10. The summed E-state index contributed by atoms with van der Waals surface area (Å²) in [4.78, 5) is 0. The first-order valence-corrected chi connectivity index (χ1v) is 9.81. The van der Waals surface area contributed by atoms with Gasteiger partial charge in [0, 0.05) is 0 Å². The van der Waals surface area contributed by atoms with Crippen LogP contribution in [0.25, 0.3) is 0 Å². The molecule has 20 heavy (non-hydrogen) atoms. The van der Waals surface area contributed by atoms with Crippen LogP contribution in [0.2, 0.25) is 0 Å². The van der Waals surface area contributed by atoms with E-state index >= 15 is 0 Å². The summed E-state index contributed by atoms with van der Waals surface area (Å²) < 4.78 is 0. The van der Waals surface area contributed by atoms with Gasteiger partial charge in [-0.1, -0.05) is 124 Å². The zero-order valence-electron chi connectivity index (χ0n) is 14.9. The van der Waals surface area contributed by atoms with E-state index in [1.807, 2.05) is 0 Å². The number of unbranched alkanes of at least 4 members (excludes halogenated alkanes) is 12. The lowest BCUT2D eigenvalue weighted by atomic mass is 9.96. The molecule has 0 spiro atoms. The van der Waals surface area contributed by atoms with E-state index in [4.69, 9.17) is 0 Å². The van der Waals surface area contributed by atoms with E-state index in [-0.39, 0.29) is 0 Å². The van der Waals surface area contributed by atoms with Crippen LogP contribution in [-0.4, -0.2) is 0 Å². The second-order valence-corrected chi connectivity index (χ2v) is 6.93. The van der Waals surface area contributed by atoms with Crippen molar-refractivity contribution >= 4 is 0 Å². The Hall–Kier alpha value is 0. The summed E-state index contributed by atoms with van der Waals surface area (Å²) in [5.74, 6) is 0.973. The monoisotopic (exact) mass is 282 g/mol. The molecule has 0 aromatic heterocycles. The molecule has 0 N–H and O–H groups in total. The Morgan fingerprint density at radius 1 is 0.450 bits per heavy atom. The van der Waals surface area contributed by atoms with Crippen molar-refractivity contribution in [3.05, 3.63) is 0 Å². The lowest BCUT2D eigenvalue weighted by molar-refractivity contribution is 0.431. The summed E-state index contributed by atoms with van der Waals surface area (Å²) in [6.45, 7) is 7.06. The normalized spacial score (nSPS) is 12.8. The maximum Gasteiger partial charge on any atom is -0.0443 e. The Kier molecular flexibility index (Phi) is 17.1. The van der Waals surface area contributed by atoms with Crippen LogP contribution < -0.4 is 0 Å². The van der Waals surface area contributed by atoms with Gasteiger partial charge in [0.15, 0.2) is 0 Å². The Labute approximate surface area is 130 Å². The maximum atomic E-state index is 2.47. The quantitative estimate of drug-likeness (QED) is 0.252. The highest BCUT2D eigenvalue weighted by Gasteiger charge is 2.02. The minimum absolute atomic E-state index is 0.973. The molecule has 1 atom stereocenters. The molecular formula is C20H42. The second kappa shape index (κ2) is 17.1. The number of rotatable bonds is 16. The number of hydrogen-bond acceptors (Lipinski definition) is 0. The summed E-state index contributed by atoms with van der Waals surface area (Å²) in [6.07, 6.45) is 23.3. The third kappa shape index (κ3) is 16.1. The Morgan fingerprint density at radius 2 is 0.750 bits per heavy atom. The predicted octanol–water partition coefficient (Wildman–Crippen LogP) is 7.90. The Bertz CT molecular complexity index is 161. The van der Waals surface area contributed by atoms with Gasteiger partial charge in [-0.25, -0.2) is 0 Å². The van der Waals surface area contributed by atoms with Crippen molar-refractivity contribution in [2.75, 3.05) is 0 Å². The van der Waals surface area contributed by atoms with Gasteiger partial charge < -0.3 is 0 Å². The SMILES string of the molecule is CCCCCCCCCC[C@H](C)CCCCCCCC. The molecule has 0 radical (unpaired) electrons. The smallest absolute Gasteiger partial charge is 0.0443 e. The summed E-state index contributed by atoms with van der Waals surface area (Å²) in [5, 5.41) is 0. The molecular weight excluding hydrogens is 240 g/mol. The fraction of sp³-hybridized carbons (Fsp3) is 1.00. The van der Waals surface area contributed by atoms with Crippen LogP contribution >= 0.6 is 0 Å². The van der Waals surface area contributed by atoms with Gasteiger partial charge >= 0.3 is 0 Å². The molecule has 0 aromatic carbocycles. The predicted molar refractivity (Wildman–Crippen MR) is 94.4 cm³/mol. The molecule has 0 unspecified atom stereocenters. The molecule has 0 amide bonds. The van der Waals surface area contributed by atoms with Crippen molar-refractivity contribution in [1.82, 2.24) is 0 Å². The molecule has 0 saturated carbocycles. The van der Waals surface area contributed by atoms with E-state index in [9.17, 15) is 0 Å². The highest BCUT2D eigenvalue weighted by atomic mass is 14.1. The average Bonchev–Trinajstić information content (AvgIpc) is 2.45. The van der Waals surface area contributed by atoms with Crippen LogP contribution in [0.4, 0.5) is 0 Å². The maximum absolute atomic E-state index is 2.47. The molecule has 0 aliphatic rings. The molecule has 0 saturated heterocycles. The minimum Gasteiger partial charge on any atom is -0.0654 e. The highest BCUT2D eigenvalue weighted by Crippen LogP contribution is 2.18. The van der Waals surface area contributed by atoms with Crippen molar-refractivity contribution in [2.24, 2.45) is 5.92 Å². The molecule has 0 heteroatoms. The minimum atomic E-state index is 0.973. The van der Waals surface area contributed by atoms with Crippen molar-refractivity contribution in [1.29, 1.82) is 0 Å². The third-order valence-corrected chi connectivity index (χ3v) is 4.60. The highest BCUT2D eigenvalue weighted by molar-refractivity contribution is 4.55. The summed E-state index contributed by atoms with van der Waals surface area (Å²) in [5.41, 5.74) is 0. The van der Waals surface area contributed by atoms with Crippen LogP contribution in [0.1, 0.15) is 124 Å². The van der Waals surface area contributed by atoms with E-state index in [1.165, 1.54) is 103 Å². The van der Waals surface area contributed by atoms with Crippen molar-refractivity contribution < 1.29 is 0 Å². The van der Waals surface area contributed by atoms with E-state index in [2.05, 4.69) is 20.8 Å². The lowest BCUT2D eigenvalue weighted by Crippen LogP contribution is -1.95. The van der Waals surface area contributed by atoms with Crippen LogP contribution in [0, 0.1) is 5.92 Å². The molecule has 0 aromatic rings. The van der Waals surface area contributed by atoms with Gasteiger partial charge in [0.05, 0.1) is 0 Å². The number of hydrogen-bond donors (Lipinski definition) is 0. The fourth-order valence-electron chi connectivity index (χ4n) is 3.04. The van der Waals surface area contributed by atoms with E-state index in [0.29, 0.717) is 0 Å². The Morgan fingerprint density at radius 3 is 1.10 bits per heavy atom. The van der Waals surface area contributed by atoms with Crippen molar-refractivity contribution in [3.63, 3.8) is 0 Å². The third-order valence-electron chi connectivity index (χ3n) is 4.60. The van der Waals surface area contributed by atoms with Gasteiger partial charge in [-0.05, 0) is 5.92 Å². The molecule has 0 nitrogen and oxygen atoms in total.